The minimum atomic E-state index is -0.914. The monoisotopic (exact) mass is 440 g/mol. The highest BCUT2D eigenvalue weighted by molar-refractivity contribution is 6.09. The van der Waals surface area contributed by atoms with Crippen molar-refractivity contribution >= 4 is 24.1 Å². The topological polar surface area (TPSA) is 78.0 Å². The minimum absolute atomic E-state index is 0.0260. The Morgan fingerprint density at radius 2 is 1.53 bits per heavy atom. The molecule has 0 radical (unpaired) electrons. The lowest BCUT2D eigenvalue weighted by atomic mass is 10.1. The SMILES string of the molecule is C=Cc1cnc(N(C(=O)OC(C)(C)C)C(=O)OC(C)(C)C)c(OC(C)c2ccccc2)c1. The van der Waals surface area contributed by atoms with Gasteiger partial charge in [-0.3, -0.25) is 0 Å². The summed E-state index contributed by atoms with van der Waals surface area (Å²) in [7, 11) is 0. The molecule has 0 aliphatic heterocycles. The molecular weight excluding hydrogens is 408 g/mol. The van der Waals surface area contributed by atoms with Crippen LogP contribution in [0.3, 0.4) is 0 Å². The summed E-state index contributed by atoms with van der Waals surface area (Å²) in [5, 5.41) is 0. The molecule has 1 unspecified atom stereocenters. The predicted molar refractivity (Wildman–Crippen MR) is 125 cm³/mol. The van der Waals surface area contributed by atoms with Crippen molar-refractivity contribution in [3.05, 3.63) is 60.3 Å². The van der Waals surface area contributed by atoms with E-state index in [0.717, 1.165) is 10.5 Å². The second kappa shape index (κ2) is 9.85. The van der Waals surface area contributed by atoms with Crippen molar-refractivity contribution in [3.8, 4) is 5.75 Å². The third kappa shape index (κ3) is 7.11. The van der Waals surface area contributed by atoms with Crippen LogP contribution in [0.2, 0.25) is 0 Å². The van der Waals surface area contributed by atoms with E-state index in [2.05, 4.69) is 11.6 Å². The lowest BCUT2D eigenvalue weighted by molar-refractivity contribution is 0.0426. The van der Waals surface area contributed by atoms with E-state index < -0.39 is 23.4 Å². The van der Waals surface area contributed by atoms with Gasteiger partial charge < -0.3 is 14.2 Å². The molecule has 0 spiro atoms. The van der Waals surface area contributed by atoms with Crippen LogP contribution in [0.15, 0.2) is 49.2 Å². The van der Waals surface area contributed by atoms with Crippen LogP contribution < -0.4 is 9.64 Å². The van der Waals surface area contributed by atoms with Gasteiger partial charge in [-0.15, -0.1) is 0 Å². The largest absolute Gasteiger partial charge is 0.482 e. The van der Waals surface area contributed by atoms with Crippen molar-refractivity contribution in [2.24, 2.45) is 0 Å². The summed E-state index contributed by atoms with van der Waals surface area (Å²) in [6.45, 7) is 15.9. The van der Waals surface area contributed by atoms with Crippen molar-refractivity contribution in [3.63, 3.8) is 0 Å². The molecular formula is C25H32N2O5. The van der Waals surface area contributed by atoms with Crippen LogP contribution in [0.1, 0.15) is 65.7 Å². The van der Waals surface area contributed by atoms with Crippen molar-refractivity contribution < 1.29 is 23.8 Å². The number of aromatic nitrogens is 1. The Morgan fingerprint density at radius 3 is 2.00 bits per heavy atom. The fourth-order valence-corrected chi connectivity index (χ4v) is 2.66. The Kier molecular flexibility index (Phi) is 7.67. The van der Waals surface area contributed by atoms with Gasteiger partial charge >= 0.3 is 12.2 Å². The number of hydrogen-bond donors (Lipinski definition) is 0. The first kappa shape index (κ1) is 24.9. The molecule has 0 fully saturated rings. The standard InChI is InChI=1S/C25H32N2O5/c1-9-18-15-20(30-17(2)19-13-11-10-12-14-19)21(26-16-18)27(22(28)31-24(3,4)5)23(29)32-25(6,7)8/h9-17H,1H2,2-8H3. The first-order valence-electron chi connectivity index (χ1n) is 10.4. The van der Waals surface area contributed by atoms with E-state index in [-0.39, 0.29) is 17.7 Å². The van der Waals surface area contributed by atoms with Crippen LogP contribution in [0, 0.1) is 0 Å². The smallest absolute Gasteiger partial charge is 0.425 e. The summed E-state index contributed by atoms with van der Waals surface area (Å²) < 4.78 is 17.1. The molecule has 1 atom stereocenters. The highest BCUT2D eigenvalue weighted by atomic mass is 16.6. The van der Waals surface area contributed by atoms with Gasteiger partial charge in [0.1, 0.15) is 17.3 Å². The third-order valence-electron chi connectivity index (χ3n) is 4.03. The molecule has 32 heavy (non-hydrogen) atoms. The lowest BCUT2D eigenvalue weighted by Crippen LogP contribution is -2.44. The number of amides is 2. The maximum Gasteiger partial charge on any atom is 0.425 e. The molecule has 2 aromatic rings. The second-order valence-electron chi connectivity index (χ2n) is 9.26. The van der Waals surface area contributed by atoms with Crippen LogP contribution in [-0.2, 0) is 9.47 Å². The highest BCUT2D eigenvalue weighted by Crippen LogP contribution is 2.33. The summed E-state index contributed by atoms with van der Waals surface area (Å²) >= 11 is 0. The van der Waals surface area contributed by atoms with Crippen molar-refractivity contribution in [2.75, 3.05) is 4.90 Å². The number of hydrogen-bond acceptors (Lipinski definition) is 6. The Morgan fingerprint density at radius 1 is 1.00 bits per heavy atom. The number of ether oxygens (including phenoxy) is 3. The molecule has 0 saturated heterocycles. The van der Waals surface area contributed by atoms with E-state index in [1.165, 1.54) is 6.20 Å². The van der Waals surface area contributed by atoms with Gasteiger partial charge in [-0.1, -0.05) is 43.0 Å². The first-order chi connectivity index (χ1) is 14.8. The normalized spacial score (nSPS) is 12.5. The fourth-order valence-electron chi connectivity index (χ4n) is 2.66. The van der Waals surface area contributed by atoms with E-state index >= 15 is 0 Å². The Hall–Kier alpha value is -3.35. The average molecular weight is 441 g/mol. The van der Waals surface area contributed by atoms with Gasteiger partial charge in [0.15, 0.2) is 11.6 Å². The zero-order valence-corrected chi connectivity index (χ0v) is 19.8. The van der Waals surface area contributed by atoms with E-state index in [9.17, 15) is 9.59 Å². The Bertz CT molecular complexity index is 931. The van der Waals surface area contributed by atoms with E-state index in [1.807, 2.05) is 37.3 Å². The Balaban J connectivity index is 2.54. The van der Waals surface area contributed by atoms with Gasteiger partial charge in [0.05, 0.1) is 0 Å². The van der Waals surface area contributed by atoms with Crippen molar-refractivity contribution in [1.29, 1.82) is 0 Å². The number of rotatable bonds is 5. The summed E-state index contributed by atoms with van der Waals surface area (Å²) in [6, 6.07) is 11.2. The molecule has 1 aromatic carbocycles. The van der Waals surface area contributed by atoms with E-state index in [0.29, 0.717) is 5.56 Å². The van der Waals surface area contributed by atoms with Gasteiger partial charge in [-0.2, -0.15) is 4.90 Å². The van der Waals surface area contributed by atoms with Gasteiger partial charge in [0.2, 0.25) is 0 Å². The zero-order valence-electron chi connectivity index (χ0n) is 19.8. The van der Waals surface area contributed by atoms with Gasteiger partial charge in [-0.25, -0.2) is 14.6 Å². The second-order valence-corrected chi connectivity index (χ2v) is 9.26. The number of imide groups is 1. The number of pyridine rings is 1. The molecule has 0 aliphatic carbocycles. The quantitative estimate of drug-likeness (QED) is 0.525. The lowest BCUT2D eigenvalue weighted by Gasteiger charge is -2.29. The van der Waals surface area contributed by atoms with E-state index in [1.54, 1.807) is 53.7 Å². The summed E-state index contributed by atoms with van der Waals surface area (Å²) in [5.41, 5.74) is -0.0890. The number of carbonyl (C=O) groups is 2. The molecule has 1 heterocycles. The molecule has 2 amide bonds. The number of benzene rings is 1. The number of anilines is 1. The number of carbonyl (C=O) groups excluding carboxylic acids is 2. The molecule has 1 aromatic heterocycles. The predicted octanol–water partition coefficient (Wildman–Crippen LogP) is 6.54. The molecule has 0 saturated carbocycles. The third-order valence-corrected chi connectivity index (χ3v) is 4.03. The molecule has 7 heteroatoms. The molecule has 7 nitrogen and oxygen atoms in total. The Labute approximate surface area is 190 Å². The van der Waals surface area contributed by atoms with Crippen LogP contribution in [0.5, 0.6) is 5.75 Å². The van der Waals surface area contributed by atoms with E-state index in [4.69, 9.17) is 14.2 Å². The number of nitrogens with zero attached hydrogens (tertiary/aromatic N) is 2. The molecule has 0 N–H and O–H groups in total. The summed E-state index contributed by atoms with van der Waals surface area (Å²) in [6.07, 6.45) is 0.883. The first-order valence-corrected chi connectivity index (χ1v) is 10.4. The van der Waals surface area contributed by atoms with Gasteiger partial charge in [0, 0.05) is 6.20 Å². The maximum atomic E-state index is 13.0. The zero-order chi connectivity index (χ0) is 24.1. The average Bonchev–Trinajstić information content (AvgIpc) is 2.67. The van der Waals surface area contributed by atoms with Crippen LogP contribution in [0.25, 0.3) is 6.08 Å². The van der Waals surface area contributed by atoms with Crippen LogP contribution in [-0.4, -0.2) is 28.4 Å². The molecule has 172 valence electrons. The van der Waals surface area contributed by atoms with Gasteiger partial charge in [0.25, 0.3) is 0 Å². The highest BCUT2D eigenvalue weighted by Gasteiger charge is 2.36. The molecule has 0 aliphatic rings. The molecule has 2 rings (SSSR count). The van der Waals surface area contributed by atoms with Crippen LogP contribution in [0.4, 0.5) is 15.4 Å². The molecule has 0 bridgehead atoms. The summed E-state index contributed by atoms with van der Waals surface area (Å²) in [5.74, 6) is 0.192. The van der Waals surface area contributed by atoms with Crippen LogP contribution >= 0.6 is 0 Å². The minimum Gasteiger partial charge on any atom is -0.482 e. The van der Waals surface area contributed by atoms with Crippen molar-refractivity contribution in [2.45, 2.75) is 65.8 Å². The summed E-state index contributed by atoms with van der Waals surface area (Å²) in [4.78, 5) is 31.2. The fraction of sp³-hybridized carbons (Fsp3) is 0.400. The maximum absolute atomic E-state index is 13.0. The van der Waals surface area contributed by atoms with Gasteiger partial charge in [-0.05, 0) is 65.7 Å². The van der Waals surface area contributed by atoms with Crippen molar-refractivity contribution in [1.82, 2.24) is 4.98 Å².